The fourth-order valence-corrected chi connectivity index (χ4v) is 2.10. The highest BCUT2D eigenvalue weighted by Crippen LogP contribution is 2.29. The molecule has 0 atom stereocenters. The molecular formula is C13H18Cl2N2O3. The number of methoxy groups -OCH3 is 2. The Morgan fingerprint density at radius 1 is 1.15 bits per heavy atom. The Hall–Kier alpha value is -1.01. The average Bonchev–Trinajstić information content (AvgIpc) is 2.43. The second-order valence-corrected chi connectivity index (χ2v) is 4.95. The zero-order chi connectivity index (χ0) is 15.1. The van der Waals surface area contributed by atoms with Crippen LogP contribution in [0.15, 0.2) is 12.1 Å². The minimum absolute atomic E-state index is 0.192. The van der Waals surface area contributed by atoms with Crippen molar-refractivity contribution in [2.24, 2.45) is 0 Å². The van der Waals surface area contributed by atoms with E-state index in [0.717, 1.165) is 0 Å². The molecular weight excluding hydrogens is 303 g/mol. The number of hydrogen-bond donors (Lipinski definition) is 1. The summed E-state index contributed by atoms with van der Waals surface area (Å²) >= 11 is 11.9. The Kier molecular flexibility index (Phi) is 7.09. The van der Waals surface area contributed by atoms with Gasteiger partial charge in [-0.1, -0.05) is 23.2 Å². The molecule has 1 aromatic carbocycles. The van der Waals surface area contributed by atoms with Crippen LogP contribution in [0.4, 0.5) is 5.69 Å². The first-order valence-electron chi connectivity index (χ1n) is 6.03. The summed E-state index contributed by atoms with van der Waals surface area (Å²) in [5, 5.41) is 0.526. The summed E-state index contributed by atoms with van der Waals surface area (Å²) in [6, 6.07) is 3.02. The molecule has 0 saturated heterocycles. The van der Waals surface area contributed by atoms with Gasteiger partial charge in [0.1, 0.15) is 0 Å². The molecule has 7 heteroatoms. The lowest BCUT2D eigenvalue weighted by Gasteiger charge is -2.22. The number of benzene rings is 1. The first kappa shape index (κ1) is 17.0. The second kappa shape index (κ2) is 8.32. The Morgan fingerprint density at radius 3 is 2.00 bits per heavy atom. The van der Waals surface area contributed by atoms with Crippen LogP contribution in [0.5, 0.6) is 0 Å². The molecule has 1 rings (SSSR count). The number of rotatable bonds is 7. The Balaban J connectivity index is 2.92. The van der Waals surface area contributed by atoms with Crippen LogP contribution in [0.3, 0.4) is 0 Å². The predicted octanol–water partition coefficient (Wildman–Crippen LogP) is 2.31. The van der Waals surface area contributed by atoms with Crippen molar-refractivity contribution in [1.29, 1.82) is 0 Å². The molecule has 0 unspecified atom stereocenters. The van der Waals surface area contributed by atoms with E-state index >= 15 is 0 Å². The minimum Gasteiger partial charge on any atom is -0.396 e. The molecule has 0 spiro atoms. The monoisotopic (exact) mass is 320 g/mol. The molecule has 0 aliphatic rings. The SMILES string of the molecule is COCCN(CCOC)C(=O)c1cc(Cl)c(N)c(Cl)c1. The molecule has 0 aromatic heterocycles. The van der Waals surface area contributed by atoms with Crippen LogP contribution >= 0.6 is 23.2 Å². The molecule has 0 radical (unpaired) electrons. The van der Waals surface area contributed by atoms with Crippen molar-refractivity contribution >= 4 is 34.8 Å². The van der Waals surface area contributed by atoms with Gasteiger partial charge in [0.25, 0.3) is 5.91 Å². The fourth-order valence-electron chi connectivity index (χ4n) is 1.61. The molecule has 0 aliphatic heterocycles. The number of nitrogens with two attached hydrogens (primary N) is 1. The van der Waals surface area contributed by atoms with Crippen molar-refractivity contribution in [3.8, 4) is 0 Å². The normalized spacial score (nSPS) is 10.6. The zero-order valence-electron chi connectivity index (χ0n) is 11.5. The molecule has 1 aromatic rings. The van der Waals surface area contributed by atoms with Crippen molar-refractivity contribution in [1.82, 2.24) is 4.90 Å². The number of anilines is 1. The van der Waals surface area contributed by atoms with E-state index in [1.54, 1.807) is 19.1 Å². The van der Waals surface area contributed by atoms with Gasteiger partial charge in [0.2, 0.25) is 0 Å². The Labute approximate surface area is 128 Å². The largest absolute Gasteiger partial charge is 0.396 e. The number of carbonyl (C=O) groups excluding carboxylic acids is 1. The average molecular weight is 321 g/mol. The number of amides is 1. The smallest absolute Gasteiger partial charge is 0.254 e. The first-order chi connectivity index (χ1) is 9.51. The quantitative estimate of drug-likeness (QED) is 0.783. The summed E-state index contributed by atoms with van der Waals surface area (Å²) in [6.45, 7) is 1.79. The van der Waals surface area contributed by atoms with E-state index in [1.807, 2.05) is 0 Å². The number of ether oxygens (including phenoxy) is 2. The van der Waals surface area contributed by atoms with Crippen molar-refractivity contribution in [3.63, 3.8) is 0 Å². The molecule has 2 N–H and O–H groups in total. The number of hydrogen-bond acceptors (Lipinski definition) is 4. The lowest BCUT2D eigenvalue weighted by molar-refractivity contribution is 0.0627. The van der Waals surface area contributed by atoms with Crippen LogP contribution in [0.1, 0.15) is 10.4 Å². The number of carbonyl (C=O) groups is 1. The van der Waals surface area contributed by atoms with Crippen LogP contribution in [-0.4, -0.2) is 51.3 Å². The second-order valence-electron chi connectivity index (χ2n) is 4.13. The summed E-state index contributed by atoms with van der Waals surface area (Å²) in [4.78, 5) is 14.0. The van der Waals surface area contributed by atoms with Gasteiger partial charge in [0.15, 0.2) is 0 Å². The van der Waals surface area contributed by atoms with Gasteiger partial charge in [0.05, 0.1) is 28.9 Å². The van der Waals surface area contributed by atoms with E-state index in [0.29, 0.717) is 31.9 Å². The Morgan fingerprint density at radius 2 is 1.60 bits per heavy atom. The van der Waals surface area contributed by atoms with E-state index in [9.17, 15) is 4.79 Å². The first-order valence-corrected chi connectivity index (χ1v) is 6.78. The number of nitrogen functional groups attached to an aromatic ring is 1. The van der Waals surface area contributed by atoms with E-state index in [2.05, 4.69) is 0 Å². The third-order valence-corrected chi connectivity index (χ3v) is 3.37. The molecule has 0 bridgehead atoms. The molecule has 112 valence electrons. The zero-order valence-corrected chi connectivity index (χ0v) is 13.0. The molecule has 0 fully saturated rings. The lowest BCUT2D eigenvalue weighted by Crippen LogP contribution is -2.36. The van der Waals surface area contributed by atoms with E-state index in [-0.39, 0.29) is 21.6 Å². The molecule has 0 aliphatic carbocycles. The van der Waals surface area contributed by atoms with Gasteiger partial charge in [-0.05, 0) is 12.1 Å². The van der Waals surface area contributed by atoms with Crippen LogP contribution in [0.2, 0.25) is 10.0 Å². The van der Waals surface area contributed by atoms with E-state index < -0.39 is 0 Å². The highest BCUT2D eigenvalue weighted by atomic mass is 35.5. The summed E-state index contributed by atoms with van der Waals surface area (Å²) in [5.74, 6) is -0.192. The van der Waals surface area contributed by atoms with Crippen LogP contribution in [0, 0.1) is 0 Å². The van der Waals surface area contributed by atoms with Crippen molar-refractivity contribution in [2.45, 2.75) is 0 Å². The summed E-state index contributed by atoms with van der Waals surface area (Å²) in [5.41, 5.74) is 6.32. The topological polar surface area (TPSA) is 64.8 Å². The summed E-state index contributed by atoms with van der Waals surface area (Å²) in [6.07, 6.45) is 0. The third kappa shape index (κ3) is 4.52. The van der Waals surface area contributed by atoms with E-state index in [1.165, 1.54) is 12.1 Å². The maximum absolute atomic E-state index is 12.4. The Bertz CT molecular complexity index is 438. The summed E-state index contributed by atoms with van der Waals surface area (Å²) in [7, 11) is 3.16. The number of halogens is 2. The summed E-state index contributed by atoms with van der Waals surface area (Å²) < 4.78 is 10.00. The molecule has 5 nitrogen and oxygen atoms in total. The van der Waals surface area contributed by atoms with Crippen LogP contribution in [0.25, 0.3) is 0 Å². The molecule has 0 heterocycles. The van der Waals surface area contributed by atoms with Gasteiger partial charge in [-0.25, -0.2) is 0 Å². The lowest BCUT2D eigenvalue weighted by atomic mass is 10.1. The van der Waals surface area contributed by atoms with Gasteiger partial charge in [-0.2, -0.15) is 0 Å². The fraction of sp³-hybridized carbons (Fsp3) is 0.462. The minimum atomic E-state index is -0.192. The maximum Gasteiger partial charge on any atom is 0.254 e. The van der Waals surface area contributed by atoms with Crippen molar-refractivity contribution in [3.05, 3.63) is 27.7 Å². The van der Waals surface area contributed by atoms with Gasteiger partial charge >= 0.3 is 0 Å². The molecule has 0 saturated carbocycles. The number of nitrogens with zero attached hydrogens (tertiary/aromatic N) is 1. The standard InChI is InChI=1S/C13H18Cl2N2O3/c1-19-5-3-17(4-6-20-2)13(18)9-7-10(14)12(16)11(15)8-9/h7-8H,3-6,16H2,1-2H3. The van der Waals surface area contributed by atoms with Gasteiger partial charge in [-0.3, -0.25) is 4.79 Å². The van der Waals surface area contributed by atoms with Gasteiger partial charge in [-0.15, -0.1) is 0 Å². The predicted molar refractivity (Wildman–Crippen MR) is 80.5 cm³/mol. The van der Waals surface area contributed by atoms with Gasteiger partial charge < -0.3 is 20.1 Å². The van der Waals surface area contributed by atoms with E-state index in [4.69, 9.17) is 38.4 Å². The third-order valence-electron chi connectivity index (χ3n) is 2.74. The van der Waals surface area contributed by atoms with Gasteiger partial charge in [0, 0.05) is 32.9 Å². The highest BCUT2D eigenvalue weighted by molar-refractivity contribution is 6.39. The molecule has 1 amide bonds. The molecule has 20 heavy (non-hydrogen) atoms. The maximum atomic E-state index is 12.4. The van der Waals surface area contributed by atoms with Crippen LogP contribution < -0.4 is 5.73 Å². The van der Waals surface area contributed by atoms with Crippen molar-refractivity contribution < 1.29 is 14.3 Å². The highest BCUT2D eigenvalue weighted by Gasteiger charge is 2.17. The van der Waals surface area contributed by atoms with Crippen molar-refractivity contribution in [2.75, 3.05) is 46.3 Å². The van der Waals surface area contributed by atoms with Crippen LogP contribution in [-0.2, 0) is 9.47 Å².